The van der Waals surface area contributed by atoms with Gasteiger partial charge in [-0.2, -0.15) is 0 Å². The summed E-state index contributed by atoms with van der Waals surface area (Å²) in [7, 11) is 4.90. The number of hydrogen-bond donors (Lipinski definition) is 0. The van der Waals surface area contributed by atoms with Gasteiger partial charge in [0.15, 0.2) is 0 Å². The maximum absolute atomic E-state index is 5.90. The first-order valence-electron chi connectivity index (χ1n) is 8.97. The van der Waals surface area contributed by atoms with E-state index in [4.69, 9.17) is 25.8 Å². The number of hydrogen-bond acceptors (Lipinski definition) is 3. The Bertz CT molecular complexity index is 421. The van der Waals surface area contributed by atoms with Crippen LogP contribution < -0.4 is 0 Å². The minimum absolute atomic E-state index is 0.0213. The van der Waals surface area contributed by atoms with E-state index in [0.29, 0.717) is 5.88 Å². The van der Waals surface area contributed by atoms with Crippen molar-refractivity contribution in [1.82, 2.24) is 0 Å². The van der Waals surface area contributed by atoms with Gasteiger partial charge < -0.3 is 14.2 Å². The zero-order chi connectivity index (χ0) is 17.8. The van der Waals surface area contributed by atoms with Gasteiger partial charge in [-0.3, -0.25) is 0 Å². The quantitative estimate of drug-likeness (QED) is 0.252. The van der Waals surface area contributed by atoms with E-state index in [-0.39, 0.29) is 5.92 Å². The predicted octanol–water partition coefficient (Wildman–Crippen LogP) is 5.85. The van der Waals surface area contributed by atoms with Crippen LogP contribution in [-0.2, 0) is 20.1 Å². The summed E-state index contributed by atoms with van der Waals surface area (Å²) in [4.78, 5) is 0. The van der Waals surface area contributed by atoms with Crippen molar-refractivity contribution in [3.8, 4) is 0 Å². The van der Waals surface area contributed by atoms with Crippen LogP contribution in [0.2, 0.25) is 0 Å². The lowest BCUT2D eigenvalue weighted by atomic mass is 9.89. The molecule has 1 aromatic carbocycles. The van der Waals surface area contributed by atoms with Crippen LogP contribution in [0.15, 0.2) is 24.3 Å². The topological polar surface area (TPSA) is 27.7 Å². The Morgan fingerprint density at radius 1 is 0.875 bits per heavy atom. The summed E-state index contributed by atoms with van der Waals surface area (Å²) in [6, 6.07) is 8.32. The zero-order valence-electron chi connectivity index (χ0n) is 15.6. The van der Waals surface area contributed by atoms with E-state index in [1.54, 1.807) is 21.3 Å². The normalized spacial score (nSPS) is 13.2. The van der Waals surface area contributed by atoms with Gasteiger partial charge in [0.1, 0.15) is 0 Å². The summed E-state index contributed by atoms with van der Waals surface area (Å²) in [5, 5.41) is 0. The highest BCUT2D eigenvalue weighted by atomic mass is 35.5. The Kier molecular flexibility index (Phi) is 10.6. The van der Waals surface area contributed by atoms with Crippen molar-refractivity contribution in [3.63, 3.8) is 0 Å². The number of halogens is 1. The van der Waals surface area contributed by atoms with E-state index >= 15 is 0 Å². The fourth-order valence-corrected chi connectivity index (χ4v) is 3.37. The standard InChI is InChI=1S/C20H33ClO3/c1-5-6-7-8-9-10-11-19(20(22-2,23-3)24-4)18-14-12-17(16-21)13-15-18/h12-15,19H,5-11,16H2,1-4H3. The summed E-state index contributed by atoms with van der Waals surface area (Å²) in [5.74, 6) is -0.508. The summed E-state index contributed by atoms with van der Waals surface area (Å²) in [6.07, 6.45) is 8.51. The maximum Gasteiger partial charge on any atom is 0.289 e. The van der Waals surface area contributed by atoms with Crippen LogP contribution in [0.5, 0.6) is 0 Å². The van der Waals surface area contributed by atoms with Crippen molar-refractivity contribution >= 4 is 11.6 Å². The van der Waals surface area contributed by atoms with Gasteiger partial charge in [0, 0.05) is 27.2 Å². The van der Waals surface area contributed by atoms with Crippen molar-refractivity contribution in [2.24, 2.45) is 0 Å². The number of unbranched alkanes of at least 4 members (excludes halogenated alkanes) is 5. The third-order valence-electron chi connectivity index (χ3n) is 4.66. The van der Waals surface area contributed by atoms with Crippen molar-refractivity contribution in [1.29, 1.82) is 0 Å². The molecule has 0 aliphatic rings. The highest BCUT2D eigenvalue weighted by molar-refractivity contribution is 6.17. The predicted molar refractivity (Wildman–Crippen MR) is 100 cm³/mol. The Labute approximate surface area is 152 Å². The van der Waals surface area contributed by atoms with Crippen LogP contribution in [0.4, 0.5) is 0 Å². The van der Waals surface area contributed by atoms with Crippen LogP contribution in [-0.4, -0.2) is 27.3 Å². The van der Waals surface area contributed by atoms with Gasteiger partial charge in [-0.25, -0.2) is 0 Å². The van der Waals surface area contributed by atoms with Gasteiger partial charge in [-0.15, -0.1) is 11.6 Å². The molecule has 0 radical (unpaired) electrons. The molecular formula is C20H33ClO3. The van der Waals surface area contributed by atoms with Gasteiger partial charge in [-0.05, 0) is 17.5 Å². The lowest BCUT2D eigenvalue weighted by Gasteiger charge is -2.36. The van der Waals surface area contributed by atoms with Crippen LogP contribution in [0.3, 0.4) is 0 Å². The maximum atomic E-state index is 5.90. The van der Waals surface area contributed by atoms with Gasteiger partial charge in [0.05, 0.1) is 5.92 Å². The van der Waals surface area contributed by atoms with E-state index in [1.165, 1.54) is 32.1 Å². The first-order chi connectivity index (χ1) is 11.7. The molecule has 0 aliphatic carbocycles. The number of methoxy groups -OCH3 is 3. The first-order valence-corrected chi connectivity index (χ1v) is 9.51. The number of alkyl halides is 1. The second kappa shape index (κ2) is 11.9. The Morgan fingerprint density at radius 3 is 1.92 bits per heavy atom. The number of ether oxygens (including phenoxy) is 3. The summed E-state index contributed by atoms with van der Waals surface area (Å²) < 4.78 is 16.9. The molecule has 1 unspecified atom stereocenters. The highest BCUT2D eigenvalue weighted by Crippen LogP contribution is 2.37. The molecule has 0 spiro atoms. The third kappa shape index (κ3) is 6.03. The first kappa shape index (κ1) is 21.4. The largest absolute Gasteiger partial charge is 0.330 e. The SMILES string of the molecule is CCCCCCCCC(c1ccc(CCl)cc1)C(OC)(OC)OC. The molecule has 0 saturated heterocycles. The molecule has 0 fully saturated rings. The third-order valence-corrected chi connectivity index (χ3v) is 4.97. The van der Waals surface area contributed by atoms with Gasteiger partial charge >= 0.3 is 0 Å². The monoisotopic (exact) mass is 356 g/mol. The summed E-state index contributed by atoms with van der Waals surface area (Å²) >= 11 is 5.90. The van der Waals surface area contributed by atoms with Gasteiger partial charge in [0.2, 0.25) is 0 Å². The summed E-state index contributed by atoms with van der Waals surface area (Å²) in [5.41, 5.74) is 2.26. The Balaban J connectivity index is 2.82. The van der Waals surface area contributed by atoms with Crippen molar-refractivity contribution in [2.75, 3.05) is 21.3 Å². The van der Waals surface area contributed by atoms with E-state index in [1.807, 2.05) is 0 Å². The minimum Gasteiger partial charge on any atom is -0.330 e. The molecule has 1 atom stereocenters. The Morgan fingerprint density at radius 2 is 1.42 bits per heavy atom. The van der Waals surface area contributed by atoms with Gasteiger partial charge in [0.25, 0.3) is 5.97 Å². The molecule has 0 amide bonds. The van der Waals surface area contributed by atoms with E-state index < -0.39 is 5.97 Å². The van der Waals surface area contributed by atoms with E-state index in [2.05, 4.69) is 31.2 Å². The molecule has 4 heteroatoms. The van der Waals surface area contributed by atoms with E-state index in [0.717, 1.165) is 24.0 Å². The van der Waals surface area contributed by atoms with Crippen LogP contribution in [0, 0.1) is 0 Å². The molecular weight excluding hydrogens is 324 g/mol. The average molecular weight is 357 g/mol. The molecule has 0 N–H and O–H groups in total. The minimum atomic E-state index is -1.05. The van der Waals surface area contributed by atoms with E-state index in [9.17, 15) is 0 Å². The molecule has 0 heterocycles. The summed E-state index contributed by atoms with van der Waals surface area (Å²) in [6.45, 7) is 2.24. The number of rotatable bonds is 13. The second-order valence-electron chi connectivity index (χ2n) is 6.20. The molecule has 0 aromatic heterocycles. The second-order valence-corrected chi connectivity index (χ2v) is 6.47. The fraction of sp³-hybridized carbons (Fsp3) is 0.700. The molecule has 24 heavy (non-hydrogen) atoms. The van der Waals surface area contributed by atoms with Gasteiger partial charge in [-0.1, -0.05) is 69.7 Å². The van der Waals surface area contributed by atoms with Crippen molar-refractivity contribution < 1.29 is 14.2 Å². The van der Waals surface area contributed by atoms with Crippen molar-refractivity contribution in [3.05, 3.63) is 35.4 Å². The zero-order valence-corrected chi connectivity index (χ0v) is 16.4. The molecule has 1 aromatic rings. The molecule has 3 nitrogen and oxygen atoms in total. The molecule has 138 valence electrons. The Hall–Kier alpha value is -0.610. The molecule has 0 aliphatic heterocycles. The lowest BCUT2D eigenvalue weighted by Crippen LogP contribution is -2.42. The molecule has 1 rings (SSSR count). The number of benzene rings is 1. The smallest absolute Gasteiger partial charge is 0.289 e. The lowest BCUT2D eigenvalue weighted by molar-refractivity contribution is -0.365. The fourth-order valence-electron chi connectivity index (χ4n) is 3.19. The highest BCUT2D eigenvalue weighted by Gasteiger charge is 2.40. The average Bonchev–Trinajstić information content (AvgIpc) is 2.64. The molecule has 0 bridgehead atoms. The molecule has 0 saturated carbocycles. The van der Waals surface area contributed by atoms with Crippen LogP contribution in [0.1, 0.15) is 68.9 Å². The van der Waals surface area contributed by atoms with Crippen molar-refractivity contribution in [2.45, 2.75) is 69.6 Å². The van der Waals surface area contributed by atoms with Crippen LogP contribution in [0.25, 0.3) is 0 Å². The van der Waals surface area contributed by atoms with Crippen LogP contribution >= 0.6 is 11.6 Å².